The first-order valence-corrected chi connectivity index (χ1v) is 8.47. The van der Waals surface area contributed by atoms with Gasteiger partial charge in [0.15, 0.2) is 5.11 Å². The molecule has 0 aliphatic carbocycles. The molecule has 1 amide bonds. The number of carbonyl (C=O) groups is 1. The molecule has 2 rings (SSSR count). The maximum Gasteiger partial charge on any atom is 0.230 e. The molecule has 0 aliphatic rings. The Morgan fingerprint density at radius 2 is 1.62 bits per heavy atom. The summed E-state index contributed by atoms with van der Waals surface area (Å²) in [5.41, 5.74) is 1.64. The van der Waals surface area contributed by atoms with Crippen molar-refractivity contribution in [2.75, 3.05) is 32.8 Å². The molecule has 0 heterocycles. The lowest BCUT2D eigenvalue weighted by molar-refractivity contribution is -0.119. The molecular weight excluding hydrogens is 352 g/mol. The van der Waals surface area contributed by atoms with Gasteiger partial charge in [-0.1, -0.05) is 12.1 Å². The molecule has 2 aromatic rings. The van der Waals surface area contributed by atoms with Gasteiger partial charge in [0.05, 0.1) is 20.1 Å². The first kappa shape index (κ1) is 19.7. The molecule has 7 heteroatoms. The summed E-state index contributed by atoms with van der Waals surface area (Å²) in [6, 6.07) is 14.6. The standard InChI is InChI=1S/C19H22N2O4S/c1-23-11-12-25-17-9-5-15(6-10-17)20-19(26)21-18(22)13-14-3-7-16(24-2)8-4-14/h3-10H,11-13H2,1-2H3,(H2,20,21,22,26). The Morgan fingerprint density at radius 3 is 2.23 bits per heavy atom. The molecule has 0 atom stereocenters. The molecule has 0 unspecified atom stereocenters. The zero-order valence-corrected chi connectivity index (χ0v) is 15.6. The van der Waals surface area contributed by atoms with Crippen LogP contribution in [0.1, 0.15) is 5.56 Å². The number of hydrogen-bond donors (Lipinski definition) is 2. The van der Waals surface area contributed by atoms with Gasteiger partial charge in [-0.3, -0.25) is 4.79 Å². The van der Waals surface area contributed by atoms with Gasteiger partial charge in [-0.15, -0.1) is 0 Å². The van der Waals surface area contributed by atoms with Crippen molar-refractivity contribution >= 4 is 28.9 Å². The number of ether oxygens (including phenoxy) is 3. The predicted octanol–water partition coefficient (Wildman–Crippen LogP) is 2.78. The van der Waals surface area contributed by atoms with Crippen molar-refractivity contribution < 1.29 is 19.0 Å². The van der Waals surface area contributed by atoms with Gasteiger partial charge in [0, 0.05) is 12.8 Å². The molecular formula is C19H22N2O4S. The molecule has 0 spiro atoms. The van der Waals surface area contributed by atoms with E-state index >= 15 is 0 Å². The highest BCUT2D eigenvalue weighted by Gasteiger charge is 2.07. The molecule has 0 saturated heterocycles. The van der Waals surface area contributed by atoms with Crippen LogP contribution in [0.5, 0.6) is 11.5 Å². The second-order valence-corrected chi connectivity index (χ2v) is 5.80. The van der Waals surface area contributed by atoms with Crippen LogP contribution in [-0.4, -0.2) is 38.5 Å². The molecule has 0 saturated carbocycles. The van der Waals surface area contributed by atoms with Crippen LogP contribution in [0.15, 0.2) is 48.5 Å². The lowest BCUT2D eigenvalue weighted by Crippen LogP contribution is -2.35. The van der Waals surface area contributed by atoms with Crippen molar-refractivity contribution in [3.8, 4) is 11.5 Å². The van der Waals surface area contributed by atoms with Crippen molar-refractivity contribution in [2.24, 2.45) is 0 Å². The van der Waals surface area contributed by atoms with E-state index in [1.807, 2.05) is 48.5 Å². The summed E-state index contributed by atoms with van der Waals surface area (Å²) in [5.74, 6) is 1.30. The average molecular weight is 374 g/mol. The van der Waals surface area contributed by atoms with Crippen LogP contribution in [0.2, 0.25) is 0 Å². The summed E-state index contributed by atoms with van der Waals surface area (Å²) >= 11 is 5.18. The molecule has 138 valence electrons. The van der Waals surface area contributed by atoms with E-state index in [1.54, 1.807) is 14.2 Å². The monoisotopic (exact) mass is 374 g/mol. The van der Waals surface area contributed by atoms with E-state index in [0.29, 0.717) is 13.2 Å². The van der Waals surface area contributed by atoms with Crippen LogP contribution in [0.3, 0.4) is 0 Å². The molecule has 26 heavy (non-hydrogen) atoms. The van der Waals surface area contributed by atoms with Crippen LogP contribution in [-0.2, 0) is 16.0 Å². The lowest BCUT2D eigenvalue weighted by atomic mass is 10.1. The number of benzene rings is 2. The SMILES string of the molecule is COCCOc1ccc(NC(=S)NC(=O)Cc2ccc(OC)cc2)cc1. The van der Waals surface area contributed by atoms with Gasteiger partial charge in [0.2, 0.25) is 5.91 Å². The molecule has 2 aromatic carbocycles. The normalized spacial score (nSPS) is 10.1. The van der Waals surface area contributed by atoms with Gasteiger partial charge < -0.3 is 24.8 Å². The maximum absolute atomic E-state index is 12.1. The number of anilines is 1. The lowest BCUT2D eigenvalue weighted by Gasteiger charge is -2.11. The second-order valence-electron chi connectivity index (χ2n) is 5.39. The van der Waals surface area contributed by atoms with E-state index in [-0.39, 0.29) is 17.4 Å². The highest BCUT2D eigenvalue weighted by molar-refractivity contribution is 7.80. The summed E-state index contributed by atoms with van der Waals surface area (Å²) in [6.07, 6.45) is 0.234. The molecule has 6 nitrogen and oxygen atoms in total. The van der Waals surface area contributed by atoms with Crippen LogP contribution in [0.25, 0.3) is 0 Å². The minimum absolute atomic E-state index is 0.188. The topological polar surface area (TPSA) is 68.8 Å². The Morgan fingerprint density at radius 1 is 0.962 bits per heavy atom. The number of nitrogens with one attached hydrogen (secondary N) is 2. The van der Waals surface area contributed by atoms with Crippen LogP contribution >= 0.6 is 12.2 Å². The number of carbonyl (C=O) groups excluding carboxylic acids is 1. The molecule has 0 radical (unpaired) electrons. The Balaban J connectivity index is 1.78. The summed E-state index contributed by atoms with van der Waals surface area (Å²) in [6.45, 7) is 1.02. The molecule has 0 bridgehead atoms. The zero-order valence-electron chi connectivity index (χ0n) is 14.8. The Labute approximate surface area is 158 Å². The zero-order chi connectivity index (χ0) is 18.8. The van der Waals surface area contributed by atoms with E-state index in [1.165, 1.54) is 0 Å². The Hall–Kier alpha value is -2.64. The van der Waals surface area contributed by atoms with E-state index in [4.69, 9.17) is 26.4 Å². The fraction of sp³-hybridized carbons (Fsp3) is 0.263. The third-order valence-corrected chi connectivity index (χ3v) is 3.65. The van der Waals surface area contributed by atoms with Crippen molar-refractivity contribution in [1.29, 1.82) is 0 Å². The Bertz CT molecular complexity index is 717. The van der Waals surface area contributed by atoms with E-state index in [0.717, 1.165) is 22.7 Å². The summed E-state index contributed by atoms with van der Waals surface area (Å²) in [4.78, 5) is 12.1. The van der Waals surface area contributed by atoms with Gasteiger partial charge >= 0.3 is 0 Å². The first-order chi connectivity index (χ1) is 12.6. The first-order valence-electron chi connectivity index (χ1n) is 8.06. The fourth-order valence-electron chi connectivity index (χ4n) is 2.14. The van der Waals surface area contributed by atoms with Gasteiger partial charge in [-0.05, 0) is 54.2 Å². The van der Waals surface area contributed by atoms with E-state index < -0.39 is 0 Å². The molecule has 2 N–H and O–H groups in total. The largest absolute Gasteiger partial charge is 0.497 e. The van der Waals surface area contributed by atoms with Gasteiger partial charge in [-0.2, -0.15) is 0 Å². The molecule has 0 fully saturated rings. The number of methoxy groups -OCH3 is 2. The van der Waals surface area contributed by atoms with E-state index in [2.05, 4.69) is 10.6 Å². The van der Waals surface area contributed by atoms with E-state index in [9.17, 15) is 4.79 Å². The summed E-state index contributed by atoms with van der Waals surface area (Å²) in [7, 11) is 3.23. The minimum Gasteiger partial charge on any atom is -0.497 e. The summed E-state index contributed by atoms with van der Waals surface area (Å²) in [5, 5.41) is 5.88. The average Bonchev–Trinajstić information content (AvgIpc) is 2.64. The number of amides is 1. The number of rotatable bonds is 8. The smallest absolute Gasteiger partial charge is 0.230 e. The van der Waals surface area contributed by atoms with Crippen LogP contribution in [0.4, 0.5) is 5.69 Å². The van der Waals surface area contributed by atoms with Crippen molar-refractivity contribution in [3.05, 3.63) is 54.1 Å². The van der Waals surface area contributed by atoms with Crippen molar-refractivity contribution in [3.63, 3.8) is 0 Å². The van der Waals surface area contributed by atoms with Crippen LogP contribution < -0.4 is 20.1 Å². The second kappa shape index (κ2) is 10.4. The molecule has 0 aliphatic heterocycles. The maximum atomic E-state index is 12.1. The van der Waals surface area contributed by atoms with Crippen molar-refractivity contribution in [1.82, 2.24) is 5.32 Å². The Kier molecular flexibility index (Phi) is 7.85. The van der Waals surface area contributed by atoms with Gasteiger partial charge in [-0.25, -0.2) is 0 Å². The quantitative estimate of drug-likeness (QED) is 0.547. The third-order valence-electron chi connectivity index (χ3n) is 3.45. The minimum atomic E-state index is -0.188. The van der Waals surface area contributed by atoms with Gasteiger partial charge in [0.25, 0.3) is 0 Å². The third kappa shape index (κ3) is 6.70. The highest BCUT2D eigenvalue weighted by atomic mass is 32.1. The molecule has 0 aromatic heterocycles. The van der Waals surface area contributed by atoms with Crippen molar-refractivity contribution in [2.45, 2.75) is 6.42 Å². The van der Waals surface area contributed by atoms with Crippen LogP contribution in [0, 0.1) is 0 Å². The fourth-order valence-corrected chi connectivity index (χ4v) is 2.37. The highest BCUT2D eigenvalue weighted by Crippen LogP contribution is 2.15. The summed E-state index contributed by atoms with van der Waals surface area (Å²) < 4.78 is 15.5. The van der Waals surface area contributed by atoms with Gasteiger partial charge in [0.1, 0.15) is 18.1 Å². The number of thiocarbonyl (C=S) groups is 1. The predicted molar refractivity (Wildman–Crippen MR) is 105 cm³/mol. The number of hydrogen-bond acceptors (Lipinski definition) is 5.